The molecule has 0 N–H and O–H groups in total. The lowest BCUT2D eigenvalue weighted by Gasteiger charge is -2.24. The molecule has 2 aromatic carbocycles. The lowest BCUT2D eigenvalue weighted by molar-refractivity contribution is 0.103. The molecule has 2 heteroatoms. The molecule has 0 fully saturated rings. The summed E-state index contributed by atoms with van der Waals surface area (Å²) in [6.07, 6.45) is 0. The van der Waals surface area contributed by atoms with Crippen molar-refractivity contribution in [2.45, 2.75) is 5.82 Å². The van der Waals surface area contributed by atoms with Gasteiger partial charge < -0.3 is 0 Å². The number of fused-ring (bicyclic) bond motifs is 2. The van der Waals surface area contributed by atoms with Crippen LogP contribution in [0, 0.1) is 0 Å². The minimum Gasteiger partial charge on any atom is -0.289 e. The molecule has 0 saturated carbocycles. The van der Waals surface area contributed by atoms with Crippen LogP contribution in [0.15, 0.2) is 48.5 Å². The highest BCUT2D eigenvalue weighted by Crippen LogP contribution is 2.33. The smallest absolute Gasteiger partial charge is 0.193 e. The van der Waals surface area contributed by atoms with Gasteiger partial charge >= 0.3 is 0 Å². The van der Waals surface area contributed by atoms with Crippen LogP contribution in [0.1, 0.15) is 32.9 Å². The second-order valence-electron chi connectivity index (χ2n) is 3.98. The maximum atomic E-state index is 12.2. The summed E-state index contributed by atoms with van der Waals surface area (Å²) < 4.78 is 0. The van der Waals surface area contributed by atoms with Gasteiger partial charge in [-0.15, -0.1) is 0 Å². The van der Waals surface area contributed by atoms with Crippen molar-refractivity contribution in [3.63, 3.8) is 0 Å². The van der Waals surface area contributed by atoms with Gasteiger partial charge in [-0.05, 0) is 16.9 Å². The van der Waals surface area contributed by atoms with Gasteiger partial charge in [0.1, 0.15) is 0 Å². The Morgan fingerprint density at radius 1 is 0.812 bits per heavy atom. The van der Waals surface area contributed by atoms with E-state index in [4.69, 9.17) is 7.85 Å². The molecular weight excluding hydrogens is 195 g/mol. The molecule has 0 bridgehead atoms. The first-order valence-electron chi connectivity index (χ1n) is 5.27. The quantitative estimate of drug-likeness (QED) is 0.602. The first-order valence-corrected chi connectivity index (χ1v) is 5.27. The molecule has 0 unspecified atom stereocenters. The van der Waals surface area contributed by atoms with Gasteiger partial charge in [-0.3, -0.25) is 4.79 Å². The van der Waals surface area contributed by atoms with Crippen molar-refractivity contribution in [2.24, 2.45) is 0 Å². The minimum atomic E-state index is -0.190. The lowest BCUT2D eigenvalue weighted by Crippen LogP contribution is -2.19. The van der Waals surface area contributed by atoms with Crippen LogP contribution in [-0.4, -0.2) is 13.6 Å². The van der Waals surface area contributed by atoms with E-state index in [9.17, 15) is 4.79 Å². The summed E-state index contributed by atoms with van der Waals surface area (Å²) in [5, 5.41) is 0. The Hall–Kier alpha value is -1.83. The molecule has 1 nitrogen and oxygen atoms in total. The van der Waals surface area contributed by atoms with Crippen molar-refractivity contribution in [2.75, 3.05) is 0 Å². The van der Waals surface area contributed by atoms with Crippen LogP contribution in [0.3, 0.4) is 0 Å². The van der Waals surface area contributed by atoms with Crippen LogP contribution in [0.25, 0.3) is 0 Å². The summed E-state index contributed by atoms with van der Waals surface area (Å²) >= 11 is 0. The van der Waals surface area contributed by atoms with Crippen LogP contribution in [0.2, 0.25) is 0 Å². The number of hydrogen-bond acceptors (Lipinski definition) is 1. The van der Waals surface area contributed by atoms with E-state index in [1.807, 2.05) is 48.5 Å². The number of hydrogen-bond donors (Lipinski definition) is 0. The predicted octanol–water partition coefficient (Wildman–Crippen LogP) is 2.49. The summed E-state index contributed by atoms with van der Waals surface area (Å²) in [5.74, 6) is -0.113. The average Bonchev–Trinajstić information content (AvgIpc) is 2.36. The molecule has 0 heterocycles. The molecule has 2 aromatic rings. The van der Waals surface area contributed by atoms with Crippen LogP contribution in [-0.2, 0) is 0 Å². The third-order valence-corrected chi connectivity index (χ3v) is 3.08. The SMILES string of the molecule is [B]C1c2ccccc2C(=O)c2ccccc21. The Morgan fingerprint density at radius 2 is 1.25 bits per heavy atom. The molecule has 0 aliphatic heterocycles. The van der Waals surface area contributed by atoms with E-state index < -0.39 is 0 Å². The highest BCUT2D eigenvalue weighted by Gasteiger charge is 2.26. The molecule has 1 aliphatic rings. The molecule has 0 saturated heterocycles. The average molecular weight is 204 g/mol. The van der Waals surface area contributed by atoms with E-state index in [2.05, 4.69) is 0 Å². The second kappa shape index (κ2) is 3.34. The van der Waals surface area contributed by atoms with Crippen molar-refractivity contribution in [1.29, 1.82) is 0 Å². The molecular formula is C14H9BO. The molecule has 16 heavy (non-hydrogen) atoms. The molecule has 0 spiro atoms. The Morgan fingerprint density at radius 3 is 1.75 bits per heavy atom. The van der Waals surface area contributed by atoms with E-state index in [0.29, 0.717) is 0 Å². The van der Waals surface area contributed by atoms with Crippen molar-refractivity contribution in [3.05, 3.63) is 70.8 Å². The highest BCUT2D eigenvalue weighted by molar-refractivity contribution is 6.21. The zero-order valence-corrected chi connectivity index (χ0v) is 8.68. The van der Waals surface area contributed by atoms with Gasteiger partial charge in [0.05, 0.1) is 7.85 Å². The van der Waals surface area contributed by atoms with Gasteiger partial charge in [0.25, 0.3) is 0 Å². The first kappa shape index (κ1) is 9.40. The van der Waals surface area contributed by atoms with Gasteiger partial charge in [-0.25, -0.2) is 0 Å². The molecule has 0 aromatic heterocycles. The predicted molar refractivity (Wildman–Crippen MR) is 63.9 cm³/mol. The number of ketones is 1. The van der Waals surface area contributed by atoms with Crippen LogP contribution < -0.4 is 0 Å². The molecule has 74 valence electrons. The van der Waals surface area contributed by atoms with Gasteiger partial charge in [-0.1, -0.05) is 48.5 Å². The largest absolute Gasteiger partial charge is 0.289 e. The summed E-state index contributed by atoms with van der Waals surface area (Å²) in [7, 11) is 6.17. The summed E-state index contributed by atoms with van der Waals surface area (Å²) in [6.45, 7) is 0. The zero-order valence-electron chi connectivity index (χ0n) is 8.68. The first-order chi connectivity index (χ1) is 7.79. The van der Waals surface area contributed by atoms with Gasteiger partial charge in [0, 0.05) is 11.1 Å². The van der Waals surface area contributed by atoms with E-state index >= 15 is 0 Å². The standard InChI is InChI=1S/C14H9BO/c15-13-9-5-1-3-7-11(9)14(16)12-8-4-2-6-10(12)13/h1-8,13H. The van der Waals surface area contributed by atoms with Crippen LogP contribution in [0.4, 0.5) is 0 Å². The molecule has 1 aliphatic carbocycles. The third kappa shape index (κ3) is 1.16. The normalized spacial score (nSPS) is 14.4. The number of carbonyl (C=O) groups is 1. The van der Waals surface area contributed by atoms with E-state index in [0.717, 1.165) is 22.3 Å². The van der Waals surface area contributed by atoms with Crippen molar-refractivity contribution >= 4 is 13.6 Å². The maximum Gasteiger partial charge on any atom is 0.193 e. The number of carbonyl (C=O) groups excluding carboxylic acids is 1. The molecule has 3 rings (SSSR count). The number of benzene rings is 2. The fourth-order valence-electron chi connectivity index (χ4n) is 2.26. The molecule has 2 radical (unpaired) electrons. The van der Waals surface area contributed by atoms with E-state index in [1.54, 1.807) is 0 Å². The topological polar surface area (TPSA) is 17.1 Å². The number of rotatable bonds is 0. The summed E-state index contributed by atoms with van der Waals surface area (Å²) in [5.41, 5.74) is 3.31. The Kier molecular flexibility index (Phi) is 1.96. The summed E-state index contributed by atoms with van der Waals surface area (Å²) in [4.78, 5) is 12.2. The van der Waals surface area contributed by atoms with Crippen molar-refractivity contribution < 1.29 is 4.79 Å². The molecule has 0 amide bonds. The van der Waals surface area contributed by atoms with E-state index in [-0.39, 0.29) is 11.6 Å². The Labute approximate surface area is 95.5 Å². The van der Waals surface area contributed by atoms with Gasteiger partial charge in [0.2, 0.25) is 0 Å². The highest BCUT2D eigenvalue weighted by atomic mass is 16.1. The monoisotopic (exact) mass is 204 g/mol. The Bertz CT molecular complexity index is 525. The third-order valence-electron chi connectivity index (χ3n) is 3.08. The van der Waals surface area contributed by atoms with Crippen LogP contribution in [0.5, 0.6) is 0 Å². The molecule has 0 atom stereocenters. The second-order valence-corrected chi connectivity index (χ2v) is 3.98. The fraction of sp³-hybridized carbons (Fsp3) is 0.0714. The Balaban J connectivity index is 2.30. The summed E-state index contributed by atoms with van der Waals surface area (Å²) in [6, 6.07) is 15.1. The maximum absolute atomic E-state index is 12.2. The minimum absolute atomic E-state index is 0.0768. The van der Waals surface area contributed by atoms with Gasteiger partial charge in [-0.2, -0.15) is 0 Å². The van der Waals surface area contributed by atoms with Crippen molar-refractivity contribution in [3.8, 4) is 0 Å². The van der Waals surface area contributed by atoms with Crippen LogP contribution >= 0.6 is 0 Å². The van der Waals surface area contributed by atoms with Crippen molar-refractivity contribution in [1.82, 2.24) is 0 Å². The fourth-order valence-corrected chi connectivity index (χ4v) is 2.26. The zero-order chi connectivity index (χ0) is 11.1. The lowest BCUT2D eigenvalue weighted by atomic mass is 9.68. The van der Waals surface area contributed by atoms with Gasteiger partial charge in [0.15, 0.2) is 5.78 Å². The van der Waals surface area contributed by atoms with E-state index in [1.165, 1.54) is 0 Å².